The Kier molecular flexibility index (Phi) is 6.32. The summed E-state index contributed by atoms with van der Waals surface area (Å²) in [5, 5.41) is 11.8. The lowest BCUT2D eigenvalue weighted by Gasteiger charge is -2.25. The van der Waals surface area contributed by atoms with Gasteiger partial charge >= 0.3 is 0 Å². The molecule has 8 nitrogen and oxygen atoms in total. The van der Waals surface area contributed by atoms with E-state index in [-0.39, 0.29) is 31.2 Å². The molecular formula is C21H29N5O3. The minimum Gasteiger partial charge on any atom is -0.490 e. The van der Waals surface area contributed by atoms with Gasteiger partial charge < -0.3 is 20.1 Å². The predicted octanol–water partition coefficient (Wildman–Crippen LogP) is 1.75. The van der Waals surface area contributed by atoms with Gasteiger partial charge in [0.1, 0.15) is 23.9 Å². The molecule has 8 heteroatoms. The standard InChI is InChI=1S/C21H29N5O3/c1-21(2,3)25-18(28)13-26(4)20-15-6-5-7-16(15)23-19(24-20)17-9-8-14(12-22-17)29-11-10-27/h8-9,12,27H,5-7,10-11,13H2,1-4H3,(H,25,28). The van der Waals surface area contributed by atoms with Gasteiger partial charge in [0.25, 0.3) is 0 Å². The Bertz CT molecular complexity index is 862. The molecular weight excluding hydrogens is 370 g/mol. The Labute approximate surface area is 171 Å². The zero-order chi connectivity index (χ0) is 21.0. The number of nitrogens with one attached hydrogen (secondary N) is 1. The van der Waals surface area contributed by atoms with E-state index in [9.17, 15) is 4.79 Å². The first-order chi connectivity index (χ1) is 13.8. The molecule has 0 atom stereocenters. The van der Waals surface area contributed by atoms with Crippen LogP contribution in [0, 0.1) is 0 Å². The van der Waals surface area contributed by atoms with Crippen LogP contribution in [0.25, 0.3) is 11.5 Å². The molecule has 1 aliphatic rings. The molecule has 1 aliphatic carbocycles. The van der Waals surface area contributed by atoms with Crippen LogP contribution in [-0.4, -0.2) is 58.3 Å². The number of amides is 1. The van der Waals surface area contributed by atoms with Crippen molar-refractivity contribution in [2.45, 2.75) is 45.6 Å². The van der Waals surface area contributed by atoms with Crippen LogP contribution in [0.15, 0.2) is 18.3 Å². The molecule has 2 aromatic rings. The molecule has 156 valence electrons. The normalized spacial score (nSPS) is 13.1. The second-order valence-corrected chi connectivity index (χ2v) is 8.26. The molecule has 0 saturated carbocycles. The van der Waals surface area contributed by atoms with Crippen LogP contribution in [0.5, 0.6) is 5.75 Å². The summed E-state index contributed by atoms with van der Waals surface area (Å²) < 4.78 is 5.36. The first-order valence-corrected chi connectivity index (χ1v) is 9.89. The summed E-state index contributed by atoms with van der Waals surface area (Å²) in [7, 11) is 1.88. The van der Waals surface area contributed by atoms with Gasteiger partial charge in [-0.2, -0.15) is 0 Å². The van der Waals surface area contributed by atoms with Gasteiger partial charge in [0, 0.05) is 23.8 Å². The highest BCUT2D eigenvalue weighted by molar-refractivity contribution is 5.82. The van der Waals surface area contributed by atoms with Crippen molar-refractivity contribution >= 4 is 11.7 Å². The molecule has 0 unspecified atom stereocenters. The number of anilines is 1. The number of aliphatic hydroxyl groups excluding tert-OH is 1. The second kappa shape index (κ2) is 8.73. The molecule has 29 heavy (non-hydrogen) atoms. The van der Waals surface area contributed by atoms with Crippen molar-refractivity contribution < 1.29 is 14.6 Å². The number of rotatable bonds is 7. The number of pyridine rings is 1. The van der Waals surface area contributed by atoms with E-state index in [4.69, 9.17) is 19.8 Å². The zero-order valence-electron chi connectivity index (χ0n) is 17.5. The van der Waals surface area contributed by atoms with Crippen molar-refractivity contribution in [2.24, 2.45) is 0 Å². The number of ether oxygens (including phenoxy) is 1. The molecule has 0 saturated heterocycles. The first-order valence-electron chi connectivity index (χ1n) is 9.89. The van der Waals surface area contributed by atoms with Gasteiger partial charge in [-0.15, -0.1) is 0 Å². The monoisotopic (exact) mass is 399 g/mol. The van der Waals surface area contributed by atoms with E-state index in [0.29, 0.717) is 17.3 Å². The van der Waals surface area contributed by atoms with Crippen molar-refractivity contribution in [1.29, 1.82) is 0 Å². The third-order valence-corrected chi connectivity index (χ3v) is 4.49. The third kappa shape index (κ3) is 5.41. The Hall–Kier alpha value is -2.74. The van der Waals surface area contributed by atoms with E-state index in [0.717, 1.165) is 36.3 Å². The summed E-state index contributed by atoms with van der Waals surface area (Å²) in [5.74, 6) is 1.86. The Morgan fingerprint density at radius 2 is 2.07 bits per heavy atom. The van der Waals surface area contributed by atoms with Gasteiger partial charge in [0.2, 0.25) is 5.91 Å². The van der Waals surface area contributed by atoms with Crippen LogP contribution < -0.4 is 15.0 Å². The van der Waals surface area contributed by atoms with E-state index in [2.05, 4.69) is 10.3 Å². The van der Waals surface area contributed by atoms with Crippen molar-refractivity contribution in [2.75, 3.05) is 31.7 Å². The van der Waals surface area contributed by atoms with E-state index < -0.39 is 0 Å². The fourth-order valence-corrected chi connectivity index (χ4v) is 3.35. The molecule has 0 aromatic carbocycles. The summed E-state index contributed by atoms with van der Waals surface area (Å²) in [5.41, 5.74) is 2.50. The molecule has 1 amide bonds. The summed E-state index contributed by atoms with van der Waals surface area (Å²) in [4.78, 5) is 28.1. The number of carbonyl (C=O) groups excluding carboxylic acids is 1. The Balaban J connectivity index is 1.85. The number of carbonyl (C=O) groups is 1. The number of aromatic nitrogens is 3. The molecule has 0 spiro atoms. The van der Waals surface area contributed by atoms with Gasteiger partial charge in [-0.3, -0.25) is 4.79 Å². The zero-order valence-corrected chi connectivity index (χ0v) is 17.5. The average molecular weight is 399 g/mol. The second-order valence-electron chi connectivity index (χ2n) is 8.26. The fourth-order valence-electron chi connectivity index (χ4n) is 3.35. The third-order valence-electron chi connectivity index (χ3n) is 4.49. The number of aliphatic hydroxyl groups is 1. The fraction of sp³-hybridized carbons (Fsp3) is 0.524. The number of fused-ring (bicyclic) bond motifs is 1. The molecule has 3 rings (SSSR count). The number of likely N-dealkylation sites (N-methyl/N-ethyl adjacent to an activating group) is 1. The maximum absolute atomic E-state index is 12.4. The Morgan fingerprint density at radius 1 is 1.28 bits per heavy atom. The van der Waals surface area contributed by atoms with Crippen molar-refractivity contribution in [3.8, 4) is 17.3 Å². The number of hydrogen-bond donors (Lipinski definition) is 2. The van der Waals surface area contributed by atoms with Crippen molar-refractivity contribution in [3.63, 3.8) is 0 Å². The molecule has 0 aliphatic heterocycles. The summed E-state index contributed by atoms with van der Waals surface area (Å²) in [6.45, 7) is 6.29. The van der Waals surface area contributed by atoms with Gasteiger partial charge in [-0.25, -0.2) is 15.0 Å². The van der Waals surface area contributed by atoms with Crippen LogP contribution in [0.3, 0.4) is 0 Å². The molecule has 0 fully saturated rings. The van der Waals surface area contributed by atoms with Gasteiger partial charge in [-0.05, 0) is 52.2 Å². The van der Waals surface area contributed by atoms with E-state index in [1.54, 1.807) is 18.3 Å². The number of aryl methyl sites for hydroxylation is 1. The average Bonchev–Trinajstić information content (AvgIpc) is 3.13. The van der Waals surface area contributed by atoms with Crippen molar-refractivity contribution in [1.82, 2.24) is 20.3 Å². The minimum atomic E-state index is -0.277. The number of nitrogens with zero attached hydrogens (tertiary/aromatic N) is 4. The lowest BCUT2D eigenvalue weighted by molar-refractivity contribution is -0.121. The van der Waals surface area contributed by atoms with Gasteiger partial charge in [0.15, 0.2) is 5.82 Å². The highest BCUT2D eigenvalue weighted by Crippen LogP contribution is 2.30. The minimum absolute atomic E-state index is 0.0459. The van der Waals surface area contributed by atoms with Crippen LogP contribution in [0.2, 0.25) is 0 Å². The molecule has 2 aromatic heterocycles. The topological polar surface area (TPSA) is 100 Å². The van der Waals surface area contributed by atoms with Gasteiger partial charge in [0.05, 0.1) is 19.3 Å². The van der Waals surface area contributed by atoms with E-state index in [1.165, 1.54) is 0 Å². The van der Waals surface area contributed by atoms with Crippen LogP contribution in [-0.2, 0) is 17.6 Å². The van der Waals surface area contributed by atoms with Gasteiger partial charge in [-0.1, -0.05) is 0 Å². The van der Waals surface area contributed by atoms with Crippen LogP contribution in [0.4, 0.5) is 5.82 Å². The lowest BCUT2D eigenvalue weighted by atomic mass is 10.1. The first kappa shape index (κ1) is 21.0. The molecule has 2 heterocycles. The lowest BCUT2D eigenvalue weighted by Crippen LogP contribution is -2.45. The highest BCUT2D eigenvalue weighted by Gasteiger charge is 2.24. The summed E-state index contributed by atoms with van der Waals surface area (Å²) in [6.07, 6.45) is 4.45. The largest absolute Gasteiger partial charge is 0.490 e. The Morgan fingerprint density at radius 3 is 2.72 bits per heavy atom. The number of hydrogen-bond acceptors (Lipinski definition) is 7. The highest BCUT2D eigenvalue weighted by atomic mass is 16.5. The molecule has 0 bridgehead atoms. The quantitative estimate of drug-likeness (QED) is 0.731. The van der Waals surface area contributed by atoms with E-state index >= 15 is 0 Å². The molecule has 0 radical (unpaired) electrons. The smallest absolute Gasteiger partial charge is 0.239 e. The van der Waals surface area contributed by atoms with Crippen molar-refractivity contribution in [3.05, 3.63) is 29.6 Å². The van der Waals surface area contributed by atoms with E-state index in [1.807, 2.05) is 32.7 Å². The summed E-state index contributed by atoms with van der Waals surface area (Å²) >= 11 is 0. The maximum Gasteiger partial charge on any atom is 0.239 e. The predicted molar refractivity (Wildman–Crippen MR) is 111 cm³/mol. The van der Waals surface area contributed by atoms with Crippen LogP contribution in [0.1, 0.15) is 38.4 Å². The van der Waals surface area contributed by atoms with Crippen LogP contribution >= 0.6 is 0 Å². The SMILES string of the molecule is CN(CC(=O)NC(C)(C)C)c1nc(-c2ccc(OCCO)cn2)nc2c1CCC2. The maximum atomic E-state index is 12.4. The molecule has 2 N–H and O–H groups in total. The summed E-state index contributed by atoms with van der Waals surface area (Å²) in [6, 6.07) is 3.59.